The summed E-state index contributed by atoms with van der Waals surface area (Å²) in [5.74, 6) is 0.0192. The highest BCUT2D eigenvalue weighted by Crippen LogP contribution is 2.26. The van der Waals surface area contributed by atoms with Crippen LogP contribution in [-0.4, -0.2) is 25.4 Å². The maximum Gasteiger partial charge on any atom is 0.186 e. The van der Waals surface area contributed by atoms with Gasteiger partial charge in [0.2, 0.25) is 0 Å². The fourth-order valence-corrected chi connectivity index (χ4v) is 3.31. The van der Waals surface area contributed by atoms with Gasteiger partial charge in [0.1, 0.15) is 5.01 Å². The molecule has 124 valence electrons. The van der Waals surface area contributed by atoms with Crippen LogP contribution in [0.2, 0.25) is 0 Å². The predicted octanol–water partition coefficient (Wildman–Crippen LogP) is 3.04. The van der Waals surface area contributed by atoms with Gasteiger partial charge >= 0.3 is 0 Å². The van der Waals surface area contributed by atoms with Gasteiger partial charge in [-0.1, -0.05) is 0 Å². The van der Waals surface area contributed by atoms with Gasteiger partial charge in [-0.15, -0.1) is 11.3 Å². The van der Waals surface area contributed by atoms with Crippen molar-refractivity contribution in [1.29, 1.82) is 0 Å². The average molecular weight is 341 g/mol. The number of thiazole rings is 1. The molecule has 0 aliphatic carbocycles. The van der Waals surface area contributed by atoms with E-state index in [1.807, 2.05) is 35.0 Å². The second-order valence-corrected chi connectivity index (χ2v) is 7.27. The van der Waals surface area contributed by atoms with E-state index in [2.05, 4.69) is 9.97 Å². The zero-order valence-corrected chi connectivity index (χ0v) is 14.5. The Kier molecular flexibility index (Phi) is 4.59. The van der Waals surface area contributed by atoms with Gasteiger partial charge in [-0.3, -0.25) is 9.78 Å². The molecule has 5 nitrogen and oxygen atoms in total. The topological polar surface area (TPSA) is 68.0 Å². The minimum Gasteiger partial charge on any atom is -0.385 e. The van der Waals surface area contributed by atoms with Crippen molar-refractivity contribution in [3.8, 4) is 0 Å². The Labute approximate surface area is 144 Å². The number of rotatable bonds is 6. The van der Waals surface area contributed by atoms with Crippen molar-refractivity contribution in [2.24, 2.45) is 0 Å². The Balaban J connectivity index is 1.74. The molecule has 3 heterocycles. The number of carbonyl (C=O) groups excluding carboxylic acids is 1. The third kappa shape index (κ3) is 3.77. The Morgan fingerprint density at radius 1 is 1.29 bits per heavy atom. The minimum absolute atomic E-state index is 0.0192. The summed E-state index contributed by atoms with van der Waals surface area (Å²) in [4.78, 5) is 21.7. The largest absolute Gasteiger partial charge is 0.385 e. The summed E-state index contributed by atoms with van der Waals surface area (Å²) in [7, 11) is 0. The molecule has 1 N–H and O–H groups in total. The van der Waals surface area contributed by atoms with E-state index in [9.17, 15) is 9.90 Å². The Morgan fingerprint density at radius 2 is 2.04 bits per heavy atom. The Morgan fingerprint density at radius 3 is 2.71 bits per heavy atom. The second kappa shape index (κ2) is 6.67. The highest BCUT2D eigenvalue weighted by atomic mass is 32.1. The van der Waals surface area contributed by atoms with E-state index in [4.69, 9.17) is 0 Å². The molecule has 0 amide bonds. The zero-order chi connectivity index (χ0) is 17.2. The van der Waals surface area contributed by atoms with Crippen LogP contribution >= 0.6 is 11.3 Å². The van der Waals surface area contributed by atoms with Crippen LogP contribution in [0.5, 0.6) is 0 Å². The van der Waals surface area contributed by atoms with Crippen molar-refractivity contribution < 1.29 is 9.90 Å². The normalized spacial score (nSPS) is 11.6. The lowest BCUT2D eigenvalue weighted by molar-refractivity contribution is 0.0823. The summed E-state index contributed by atoms with van der Waals surface area (Å²) in [6, 6.07) is 7.57. The smallest absolute Gasteiger partial charge is 0.186 e. The number of pyridine rings is 1. The van der Waals surface area contributed by atoms with Crippen molar-refractivity contribution in [2.75, 3.05) is 0 Å². The van der Waals surface area contributed by atoms with E-state index < -0.39 is 5.60 Å². The number of aliphatic hydroxyl groups is 1. The molecule has 3 rings (SSSR count). The van der Waals surface area contributed by atoms with Crippen LogP contribution in [0.1, 0.15) is 39.8 Å². The number of Topliss-reactive ketones (excluding diaryl/α,β-unsaturated/α-hetero) is 1. The zero-order valence-electron chi connectivity index (χ0n) is 13.6. The lowest BCUT2D eigenvalue weighted by Crippen LogP contribution is -2.13. The average Bonchev–Trinajstić information content (AvgIpc) is 3.17. The molecule has 0 bridgehead atoms. The van der Waals surface area contributed by atoms with Gasteiger partial charge < -0.3 is 9.67 Å². The maximum absolute atomic E-state index is 12.6. The number of hydrogen-bond acceptors (Lipinski definition) is 5. The molecule has 0 unspecified atom stereocenters. The van der Waals surface area contributed by atoms with Gasteiger partial charge in [-0.2, -0.15) is 0 Å². The SMILES string of the molecule is CC(C)(O)c1cnc(CC(=O)c2cccn2Cc2ccncc2)s1. The van der Waals surface area contributed by atoms with E-state index >= 15 is 0 Å². The maximum atomic E-state index is 12.6. The lowest BCUT2D eigenvalue weighted by atomic mass is 10.1. The summed E-state index contributed by atoms with van der Waals surface area (Å²) in [6.45, 7) is 4.06. The molecular formula is C18H19N3O2S. The molecule has 3 aromatic rings. The monoisotopic (exact) mass is 341 g/mol. The van der Waals surface area contributed by atoms with Crippen LogP contribution in [-0.2, 0) is 18.6 Å². The minimum atomic E-state index is -0.930. The molecule has 0 aromatic carbocycles. The van der Waals surface area contributed by atoms with Crippen molar-refractivity contribution in [3.05, 3.63) is 70.2 Å². The van der Waals surface area contributed by atoms with E-state index in [-0.39, 0.29) is 12.2 Å². The molecule has 3 aromatic heterocycles. The van der Waals surface area contributed by atoms with Crippen molar-refractivity contribution in [3.63, 3.8) is 0 Å². The summed E-state index contributed by atoms with van der Waals surface area (Å²) in [5, 5.41) is 10.7. The number of nitrogens with zero attached hydrogens (tertiary/aromatic N) is 3. The molecule has 0 spiro atoms. The number of hydrogen-bond donors (Lipinski definition) is 1. The molecular weight excluding hydrogens is 322 g/mol. The molecule has 0 atom stereocenters. The fourth-order valence-electron chi connectivity index (χ4n) is 2.39. The second-order valence-electron chi connectivity index (χ2n) is 6.15. The summed E-state index contributed by atoms with van der Waals surface area (Å²) < 4.78 is 1.93. The highest BCUT2D eigenvalue weighted by Gasteiger charge is 2.21. The number of carbonyl (C=O) groups is 1. The third-order valence-electron chi connectivity index (χ3n) is 3.69. The predicted molar refractivity (Wildman–Crippen MR) is 93.2 cm³/mol. The fraction of sp³-hybridized carbons (Fsp3) is 0.278. The molecule has 0 fully saturated rings. The van der Waals surface area contributed by atoms with E-state index in [0.717, 1.165) is 10.4 Å². The van der Waals surface area contributed by atoms with Gasteiger partial charge in [0.15, 0.2) is 5.78 Å². The van der Waals surface area contributed by atoms with E-state index in [1.54, 1.807) is 32.4 Å². The molecule has 0 saturated heterocycles. The Bertz CT molecular complexity index is 831. The summed E-state index contributed by atoms with van der Waals surface area (Å²) in [6.07, 6.45) is 7.27. The first-order valence-electron chi connectivity index (χ1n) is 7.68. The van der Waals surface area contributed by atoms with Crippen LogP contribution in [0.4, 0.5) is 0 Å². The van der Waals surface area contributed by atoms with Gasteiger partial charge in [0, 0.05) is 31.3 Å². The van der Waals surface area contributed by atoms with E-state index in [1.165, 1.54) is 11.3 Å². The molecule has 0 saturated carbocycles. The molecule has 0 radical (unpaired) electrons. The quantitative estimate of drug-likeness (QED) is 0.700. The van der Waals surface area contributed by atoms with E-state index in [0.29, 0.717) is 17.2 Å². The first-order valence-corrected chi connectivity index (χ1v) is 8.50. The first-order chi connectivity index (χ1) is 11.4. The standard InChI is InChI=1S/C18H19N3O2S/c1-18(2,23)16-11-20-17(24-16)10-15(22)14-4-3-9-21(14)12-13-5-7-19-8-6-13/h3-9,11,23H,10,12H2,1-2H3. The van der Waals surface area contributed by atoms with Crippen LogP contribution in [0.3, 0.4) is 0 Å². The van der Waals surface area contributed by atoms with Crippen LogP contribution in [0.15, 0.2) is 49.1 Å². The van der Waals surface area contributed by atoms with Crippen LogP contribution < -0.4 is 0 Å². The third-order valence-corrected chi connectivity index (χ3v) is 5.00. The van der Waals surface area contributed by atoms with Crippen LogP contribution in [0, 0.1) is 0 Å². The summed E-state index contributed by atoms with van der Waals surface area (Å²) in [5.41, 5.74) is 0.821. The van der Waals surface area contributed by atoms with Crippen molar-refractivity contribution in [1.82, 2.24) is 14.5 Å². The van der Waals surface area contributed by atoms with Gasteiger partial charge in [-0.05, 0) is 43.7 Å². The van der Waals surface area contributed by atoms with Crippen molar-refractivity contribution >= 4 is 17.1 Å². The highest BCUT2D eigenvalue weighted by molar-refractivity contribution is 7.11. The molecule has 0 aliphatic heterocycles. The van der Waals surface area contributed by atoms with Gasteiger partial charge in [0.25, 0.3) is 0 Å². The lowest BCUT2D eigenvalue weighted by Gasteiger charge is -2.13. The van der Waals surface area contributed by atoms with Gasteiger partial charge in [-0.25, -0.2) is 4.98 Å². The van der Waals surface area contributed by atoms with Crippen molar-refractivity contribution in [2.45, 2.75) is 32.4 Å². The van der Waals surface area contributed by atoms with Crippen LogP contribution in [0.25, 0.3) is 0 Å². The summed E-state index contributed by atoms with van der Waals surface area (Å²) >= 11 is 1.38. The Hall–Kier alpha value is -2.31. The first kappa shape index (κ1) is 16.5. The number of aromatic nitrogens is 3. The number of ketones is 1. The van der Waals surface area contributed by atoms with Gasteiger partial charge in [0.05, 0.1) is 22.6 Å². The molecule has 0 aliphatic rings. The molecule has 24 heavy (non-hydrogen) atoms. The molecule has 6 heteroatoms.